The first-order valence-corrected chi connectivity index (χ1v) is 10.3. The van der Waals surface area contributed by atoms with Gasteiger partial charge in [0, 0.05) is 28.5 Å². The van der Waals surface area contributed by atoms with Crippen LogP contribution in [0.2, 0.25) is 0 Å². The van der Waals surface area contributed by atoms with E-state index in [1.807, 2.05) is 50.2 Å². The van der Waals surface area contributed by atoms with Gasteiger partial charge >= 0.3 is 0 Å². The van der Waals surface area contributed by atoms with E-state index < -0.39 is 0 Å². The summed E-state index contributed by atoms with van der Waals surface area (Å²) in [7, 11) is 1.72. The molecule has 0 spiro atoms. The summed E-state index contributed by atoms with van der Waals surface area (Å²) in [5, 5.41) is 2.86. The summed E-state index contributed by atoms with van der Waals surface area (Å²) < 4.78 is 6.53. The van der Waals surface area contributed by atoms with Crippen LogP contribution in [0.4, 0.5) is 11.4 Å². The van der Waals surface area contributed by atoms with E-state index in [0.717, 1.165) is 10.2 Å². The van der Waals surface area contributed by atoms with Crippen molar-refractivity contribution in [3.05, 3.63) is 88.4 Å². The van der Waals surface area contributed by atoms with Crippen LogP contribution in [0.1, 0.15) is 34.6 Å². The molecule has 0 unspecified atom stereocenters. The third-order valence-electron chi connectivity index (χ3n) is 4.36. The Hall–Kier alpha value is -3.12. The van der Waals surface area contributed by atoms with E-state index in [1.54, 1.807) is 48.3 Å². The fraction of sp³-hybridized carbons (Fsp3) is 0.167. The maximum absolute atomic E-state index is 12.9. The van der Waals surface area contributed by atoms with E-state index in [4.69, 9.17) is 4.74 Å². The van der Waals surface area contributed by atoms with Crippen LogP contribution in [0.5, 0.6) is 5.75 Å². The van der Waals surface area contributed by atoms with Gasteiger partial charge in [0.15, 0.2) is 0 Å². The van der Waals surface area contributed by atoms with Crippen molar-refractivity contribution in [3.63, 3.8) is 0 Å². The molecule has 0 saturated heterocycles. The normalized spacial score (nSPS) is 10.6. The average Bonchev–Trinajstić information content (AvgIpc) is 2.74. The summed E-state index contributed by atoms with van der Waals surface area (Å²) in [5.41, 5.74) is 2.22. The van der Waals surface area contributed by atoms with Crippen molar-refractivity contribution >= 4 is 39.1 Å². The summed E-state index contributed by atoms with van der Waals surface area (Å²) in [4.78, 5) is 27.3. The number of carbonyl (C=O) groups excluding carboxylic acids is 2. The Balaban J connectivity index is 1.81. The van der Waals surface area contributed by atoms with E-state index in [1.165, 1.54) is 0 Å². The molecule has 5 nitrogen and oxygen atoms in total. The zero-order chi connectivity index (χ0) is 21.7. The number of amides is 2. The van der Waals surface area contributed by atoms with E-state index in [9.17, 15) is 9.59 Å². The zero-order valence-corrected chi connectivity index (χ0v) is 18.6. The molecule has 3 rings (SSSR count). The molecule has 0 aliphatic heterocycles. The smallest absolute Gasteiger partial charge is 0.259 e. The monoisotopic (exact) mass is 466 g/mol. The summed E-state index contributed by atoms with van der Waals surface area (Å²) in [6, 6.07) is 21.6. The van der Waals surface area contributed by atoms with Crippen molar-refractivity contribution in [3.8, 4) is 5.75 Å². The van der Waals surface area contributed by atoms with Crippen LogP contribution >= 0.6 is 15.9 Å². The third-order valence-corrected chi connectivity index (χ3v) is 4.86. The number of ether oxygens (including phenoxy) is 1. The molecule has 0 aliphatic carbocycles. The number of hydrogen-bond acceptors (Lipinski definition) is 3. The van der Waals surface area contributed by atoms with Crippen molar-refractivity contribution in [1.82, 2.24) is 0 Å². The van der Waals surface area contributed by atoms with Crippen molar-refractivity contribution in [2.75, 3.05) is 17.3 Å². The lowest BCUT2D eigenvalue weighted by molar-refractivity contribution is 0.0989. The maximum Gasteiger partial charge on any atom is 0.259 e. The Labute approximate surface area is 184 Å². The lowest BCUT2D eigenvalue weighted by Gasteiger charge is -2.18. The first-order valence-electron chi connectivity index (χ1n) is 9.56. The Morgan fingerprint density at radius 3 is 2.40 bits per heavy atom. The van der Waals surface area contributed by atoms with Gasteiger partial charge in [-0.05, 0) is 62.4 Å². The number of carbonyl (C=O) groups is 2. The van der Waals surface area contributed by atoms with Crippen LogP contribution in [-0.2, 0) is 0 Å². The Morgan fingerprint density at radius 2 is 1.70 bits per heavy atom. The lowest BCUT2D eigenvalue weighted by atomic mass is 10.1. The molecule has 0 aliphatic rings. The minimum atomic E-state index is -0.312. The molecule has 6 heteroatoms. The molecule has 1 N–H and O–H groups in total. The molecule has 0 heterocycles. The molecule has 154 valence electrons. The average molecular weight is 467 g/mol. The second kappa shape index (κ2) is 9.59. The largest absolute Gasteiger partial charge is 0.490 e. The standard InChI is InChI=1S/C24H23BrN2O3/c1-16(2)30-22-13-12-18(25)15-21(22)23(28)26-19-9-7-8-17(14-19)24(29)27(3)20-10-5-4-6-11-20/h4-16H,1-3H3,(H,26,28). The fourth-order valence-corrected chi connectivity index (χ4v) is 3.29. The van der Waals surface area contributed by atoms with Crippen LogP contribution in [0.3, 0.4) is 0 Å². The van der Waals surface area contributed by atoms with Gasteiger partial charge in [-0.3, -0.25) is 9.59 Å². The first kappa shape index (κ1) is 21.6. The molecule has 30 heavy (non-hydrogen) atoms. The van der Waals surface area contributed by atoms with Crippen molar-refractivity contribution in [2.24, 2.45) is 0 Å². The topological polar surface area (TPSA) is 58.6 Å². The molecule has 3 aromatic carbocycles. The predicted octanol–water partition coefficient (Wildman–Crippen LogP) is 5.77. The number of para-hydroxylation sites is 1. The highest BCUT2D eigenvalue weighted by atomic mass is 79.9. The molecular formula is C24H23BrN2O3. The van der Waals surface area contributed by atoms with Crippen LogP contribution in [0.15, 0.2) is 77.3 Å². The molecular weight excluding hydrogens is 444 g/mol. The van der Waals surface area contributed by atoms with Crippen molar-refractivity contribution < 1.29 is 14.3 Å². The number of rotatable bonds is 6. The van der Waals surface area contributed by atoms with Crippen LogP contribution in [0.25, 0.3) is 0 Å². The highest BCUT2D eigenvalue weighted by Gasteiger charge is 2.17. The quantitative estimate of drug-likeness (QED) is 0.501. The van der Waals surface area contributed by atoms with Gasteiger partial charge < -0.3 is 15.0 Å². The predicted molar refractivity (Wildman–Crippen MR) is 123 cm³/mol. The second-order valence-electron chi connectivity index (χ2n) is 7.04. The highest BCUT2D eigenvalue weighted by molar-refractivity contribution is 9.10. The van der Waals surface area contributed by atoms with Gasteiger partial charge in [-0.15, -0.1) is 0 Å². The summed E-state index contributed by atoms with van der Waals surface area (Å²) in [6.45, 7) is 3.81. The SMILES string of the molecule is CC(C)Oc1ccc(Br)cc1C(=O)Nc1cccc(C(=O)N(C)c2ccccc2)c1. The minimum absolute atomic E-state index is 0.0628. The molecule has 0 bridgehead atoms. The summed E-state index contributed by atoms with van der Waals surface area (Å²) in [6.07, 6.45) is -0.0628. The Morgan fingerprint density at radius 1 is 0.967 bits per heavy atom. The van der Waals surface area contributed by atoms with Gasteiger partial charge in [0.05, 0.1) is 11.7 Å². The number of nitrogens with one attached hydrogen (secondary N) is 1. The molecule has 2 amide bonds. The van der Waals surface area contributed by atoms with Gasteiger partial charge in [0.1, 0.15) is 5.75 Å². The van der Waals surface area contributed by atoms with E-state index in [-0.39, 0.29) is 17.9 Å². The molecule has 0 aromatic heterocycles. The number of anilines is 2. The van der Waals surface area contributed by atoms with Crippen LogP contribution in [-0.4, -0.2) is 25.0 Å². The fourth-order valence-electron chi connectivity index (χ4n) is 2.93. The van der Waals surface area contributed by atoms with Gasteiger partial charge in [0.25, 0.3) is 11.8 Å². The Kier molecular flexibility index (Phi) is 6.90. The molecule has 3 aromatic rings. The Bertz CT molecular complexity index is 1050. The molecule has 0 saturated carbocycles. The first-order chi connectivity index (χ1) is 14.3. The maximum atomic E-state index is 12.9. The van der Waals surface area contributed by atoms with E-state index in [2.05, 4.69) is 21.2 Å². The molecule has 0 atom stereocenters. The van der Waals surface area contributed by atoms with Crippen LogP contribution < -0.4 is 15.0 Å². The number of halogens is 1. The minimum Gasteiger partial charge on any atom is -0.490 e. The highest BCUT2D eigenvalue weighted by Crippen LogP contribution is 2.26. The number of benzene rings is 3. The third kappa shape index (κ3) is 5.27. The van der Waals surface area contributed by atoms with Crippen molar-refractivity contribution in [2.45, 2.75) is 20.0 Å². The van der Waals surface area contributed by atoms with Gasteiger partial charge in [-0.25, -0.2) is 0 Å². The van der Waals surface area contributed by atoms with Gasteiger partial charge in [-0.1, -0.05) is 40.2 Å². The number of nitrogens with zero attached hydrogens (tertiary/aromatic N) is 1. The van der Waals surface area contributed by atoms with Gasteiger partial charge in [-0.2, -0.15) is 0 Å². The second-order valence-corrected chi connectivity index (χ2v) is 7.96. The summed E-state index contributed by atoms with van der Waals surface area (Å²) in [5.74, 6) is 0.0262. The van der Waals surface area contributed by atoms with E-state index >= 15 is 0 Å². The van der Waals surface area contributed by atoms with E-state index in [0.29, 0.717) is 22.6 Å². The molecule has 0 fully saturated rings. The van der Waals surface area contributed by atoms with Gasteiger partial charge in [0.2, 0.25) is 0 Å². The van der Waals surface area contributed by atoms with Crippen molar-refractivity contribution in [1.29, 1.82) is 0 Å². The van der Waals surface area contributed by atoms with Crippen LogP contribution in [0, 0.1) is 0 Å². The number of hydrogen-bond donors (Lipinski definition) is 1. The summed E-state index contributed by atoms with van der Waals surface area (Å²) >= 11 is 3.40. The molecule has 0 radical (unpaired) electrons. The lowest BCUT2D eigenvalue weighted by Crippen LogP contribution is -2.26. The zero-order valence-electron chi connectivity index (χ0n) is 17.1.